The lowest BCUT2D eigenvalue weighted by Gasteiger charge is -1.99. The second-order valence-corrected chi connectivity index (χ2v) is 4.38. The third kappa shape index (κ3) is 1.77. The average molecular weight is 197 g/mol. The minimum absolute atomic E-state index is 0.0272. The molecule has 13 heavy (non-hydrogen) atoms. The number of carbonyl (C=O) groups excluding carboxylic acids is 1. The van der Waals surface area contributed by atoms with Gasteiger partial charge in [-0.25, -0.2) is 0 Å². The summed E-state index contributed by atoms with van der Waals surface area (Å²) in [5, 5.41) is 3.73. The molecular formula is C9H11NO2S. The highest BCUT2D eigenvalue weighted by molar-refractivity contribution is 7.99. The number of Topliss-reactive ketones (excluding diaryl/α,β-unsaturated/α-hetero) is 1. The van der Waals surface area contributed by atoms with Crippen LogP contribution in [-0.2, 0) is 0 Å². The van der Waals surface area contributed by atoms with Gasteiger partial charge in [0.25, 0.3) is 0 Å². The predicted molar refractivity (Wildman–Crippen MR) is 51.2 cm³/mol. The van der Waals surface area contributed by atoms with E-state index in [1.807, 2.05) is 11.8 Å². The van der Waals surface area contributed by atoms with Crippen molar-refractivity contribution in [3.8, 4) is 0 Å². The zero-order valence-electron chi connectivity index (χ0n) is 7.45. The third-order valence-corrected chi connectivity index (χ3v) is 3.38. The largest absolute Gasteiger partial charge is 0.360 e. The smallest absolute Gasteiger partial charge is 0.181 e. The summed E-state index contributed by atoms with van der Waals surface area (Å²) in [5.41, 5.74) is 0.451. The summed E-state index contributed by atoms with van der Waals surface area (Å²) in [5.74, 6) is 3.58. The Morgan fingerprint density at radius 3 is 3.15 bits per heavy atom. The molecule has 1 aliphatic rings. The van der Waals surface area contributed by atoms with Crippen molar-refractivity contribution in [2.45, 2.75) is 19.3 Å². The van der Waals surface area contributed by atoms with E-state index in [2.05, 4.69) is 5.16 Å². The summed E-state index contributed by atoms with van der Waals surface area (Å²) in [6, 6.07) is 1.78. The molecule has 3 nitrogen and oxygen atoms in total. The number of hydrogen-bond acceptors (Lipinski definition) is 4. The number of aromatic nitrogens is 1. The van der Waals surface area contributed by atoms with Gasteiger partial charge in [0.1, 0.15) is 11.5 Å². The van der Waals surface area contributed by atoms with Gasteiger partial charge in [0.2, 0.25) is 0 Å². The summed E-state index contributed by atoms with van der Waals surface area (Å²) in [7, 11) is 0. The summed E-state index contributed by atoms with van der Waals surface area (Å²) in [6.45, 7) is 1.50. The van der Waals surface area contributed by atoms with Gasteiger partial charge in [-0.3, -0.25) is 4.79 Å². The molecule has 4 heteroatoms. The Kier molecular flexibility index (Phi) is 2.40. The molecule has 0 spiro atoms. The van der Waals surface area contributed by atoms with Crippen molar-refractivity contribution in [1.82, 2.24) is 5.16 Å². The first-order chi connectivity index (χ1) is 6.27. The maximum Gasteiger partial charge on any atom is 0.181 e. The number of hydrogen-bond donors (Lipinski definition) is 0. The van der Waals surface area contributed by atoms with E-state index in [4.69, 9.17) is 4.52 Å². The summed E-state index contributed by atoms with van der Waals surface area (Å²) in [4.78, 5) is 10.9. The lowest BCUT2D eigenvalue weighted by molar-refractivity contribution is 0.100. The third-order valence-electron chi connectivity index (χ3n) is 2.22. The lowest BCUT2D eigenvalue weighted by atomic mass is 10.1. The van der Waals surface area contributed by atoms with Gasteiger partial charge < -0.3 is 4.52 Å². The van der Waals surface area contributed by atoms with E-state index in [9.17, 15) is 4.79 Å². The van der Waals surface area contributed by atoms with Crippen LogP contribution in [0, 0.1) is 0 Å². The van der Waals surface area contributed by atoms with Crippen molar-refractivity contribution in [3.05, 3.63) is 17.5 Å². The highest BCUT2D eigenvalue weighted by Gasteiger charge is 2.22. The molecule has 2 rings (SSSR count). The second-order valence-electron chi connectivity index (χ2n) is 3.23. The van der Waals surface area contributed by atoms with Gasteiger partial charge >= 0.3 is 0 Å². The van der Waals surface area contributed by atoms with Crippen LogP contribution in [0.25, 0.3) is 0 Å². The van der Waals surface area contributed by atoms with Gasteiger partial charge in [0, 0.05) is 24.7 Å². The fraction of sp³-hybridized carbons (Fsp3) is 0.556. The van der Waals surface area contributed by atoms with Crippen LogP contribution >= 0.6 is 11.8 Å². The monoisotopic (exact) mass is 197 g/mol. The second kappa shape index (κ2) is 3.54. The van der Waals surface area contributed by atoms with Gasteiger partial charge in [0.15, 0.2) is 5.78 Å². The van der Waals surface area contributed by atoms with Crippen molar-refractivity contribution < 1.29 is 9.32 Å². The fourth-order valence-corrected chi connectivity index (χ4v) is 2.64. The Balaban J connectivity index is 2.16. The number of nitrogens with zero attached hydrogens (tertiary/aromatic N) is 1. The summed E-state index contributed by atoms with van der Waals surface area (Å²) < 4.78 is 5.13. The standard InChI is InChI=1S/C9H11NO2S/c1-6(11)8-4-9(12-10-8)7-2-3-13-5-7/h4,7H,2-3,5H2,1H3. The molecule has 0 N–H and O–H groups in total. The molecule has 0 radical (unpaired) electrons. The molecule has 0 aliphatic carbocycles. The highest BCUT2D eigenvalue weighted by Crippen LogP contribution is 2.32. The molecule has 1 aromatic heterocycles. The van der Waals surface area contributed by atoms with Gasteiger partial charge in [0.05, 0.1) is 0 Å². The maximum absolute atomic E-state index is 10.9. The SMILES string of the molecule is CC(=O)c1cc(C2CCSC2)on1. The topological polar surface area (TPSA) is 43.1 Å². The normalized spacial score (nSPS) is 22.1. The van der Waals surface area contributed by atoms with E-state index in [1.165, 1.54) is 12.7 Å². The van der Waals surface area contributed by atoms with E-state index in [0.717, 1.165) is 17.9 Å². The fourth-order valence-electron chi connectivity index (χ4n) is 1.41. The van der Waals surface area contributed by atoms with Crippen LogP contribution in [0.1, 0.15) is 35.5 Å². The molecule has 1 aromatic rings. The Morgan fingerprint density at radius 2 is 2.62 bits per heavy atom. The van der Waals surface area contributed by atoms with Gasteiger partial charge in [-0.05, 0) is 12.2 Å². The first-order valence-corrected chi connectivity index (χ1v) is 5.48. The molecule has 0 saturated carbocycles. The highest BCUT2D eigenvalue weighted by atomic mass is 32.2. The van der Waals surface area contributed by atoms with Crippen LogP contribution in [0.4, 0.5) is 0 Å². The molecule has 1 atom stereocenters. The van der Waals surface area contributed by atoms with Crippen LogP contribution < -0.4 is 0 Å². The van der Waals surface area contributed by atoms with Crippen molar-refractivity contribution in [3.63, 3.8) is 0 Å². The lowest BCUT2D eigenvalue weighted by Crippen LogP contribution is -1.94. The molecule has 0 aromatic carbocycles. The van der Waals surface area contributed by atoms with Gasteiger partial charge in [-0.15, -0.1) is 0 Å². The van der Waals surface area contributed by atoms with Crippen molar-refractivity contribution in [2.75, 3.05) is 11.5 Å². The molecule has 2 heterocycles. The Morgan fingerprint density at radius 1 is 1.77 bits per heavy atom. The van der Waals surface area contributed by atoms with E-state index in [-0.39, 0.29) is 5.78 Å². The number of ketones is 1. The van der Waals surface area contributed by atoms with Crippen LogP contribution in [0.15, 0.2) is 10.6 Å². The minimum Gasteiger partial charge on any atom is -0.360 e. The first kappa shape index (κ1) is 8.81. The Hall–Kier alpha value is -0.770. The van der Waals surface area contributed by atoms with E-state index in [1.54, 1.807) is 6.07 Å². The quantitative estimate of drug-likeness (QED) is 0.681. The summed E-state index contributed by atoms with van der Waals surface area (Å²) >= 11 is 1.92. The molecular weight excluding hydrogens is 186 g/mol. The Bertz CT molecular complexity index is 315. The van der Waals surface area contributed by atoms with Crippen molar-refractivity contribution >= 4 is 17.5 Å². The van der Waals surface area contributed by atoms with Crippen LogP contribution in [-0.4, -0.2) is 22.4 Å². The molecule has 1 fully saturated rings. The number of rotatable bonds is 2. The minimum atomic E-state index is -0.0272. The predicted octanol–water partition coefficient (Wildman–Crippen LogP) is 2.10. The van der Waals surface area contributed by atoms with Crippen LogP contribution in [0.3, 0.4) is 0 Å². The van der Waals surface area contributed by atoms with E-state index < -0.39 is 0 Å². The average Bonchev–Trinajstić information content (AvgIpc) is 2.75. The molecule has 1 aliphatic heterocycles. The zero-order chi connectivity index (χ0) is 9.26. The maximum atomic E-state index is 10.9. The molecule has 0 amide bonds. The van der Waals surface area contributed by atoms with Gasteiger partial charge in [-0.1, -0.05) is 5.16 Å². The molecule has 70 valence electrons. The zero-order valence-corrected chi connectivity index (χ0v) is 8.26. The van der Waals surface area contributed by atoms with Crippen molar-refractivity contribution in [2.24, 2.45) is 0 Å². The number of thioether (sulfide) groups is 1. The van der Waals surface area contributed by atoms with Crippen LogP contribution in [0.2, 0.25) is 0 Å². The molecule has 0 bridgehead atoms. The first-order valence-electron chi connectivity index (χ1n) is 4.32. The van der Waals surface area contributed by atoms with Gasteiger partial charge in [-0.2, -0.15) is 11.8 Å². The number of carbonyl (C=O) groups is 1. The summed E-state index contributed by atoms with van der Waals surface area (Å²) in [6.07, 6.45) is 1.14. The molecule has 1 saturated heterocycles. The van der Waals surface area contributed by atoms with E-state index in [0.29, 0.717) is 11.6 Å². The van der Waals surface area contributed by atoms with E-state index >= 15 is 0 Å². The molecule has 1 unspecified atom stereocenters. The van der Waals surface area contributed by atoms with Crippen molar-refractivity contribution in [1.29, 1.82) is 0 Å². The Labute approximate surface area is 80.9 Å². The van der Waals surface area contributed by atoms with Crippen LogP contribution in [0.5, 0.6) is 0 Å².